The third-order valence-electron chi connectivity index (χ3n) is 5.51. The van der Waals surface area contributed by atoms with E-state index in [9.17, 15) is 4.79 Å². The second kappa shape index (κ2) is 11.1. The molecule has 1 aromatic heterocycles. The Morgan fingerprint density at radius 3 is 2.62 bits per heavy atom. The van der Waals surface area contributed by atoms with Crippen LogP contribution in [0.15, 0.2) is 23.5 Å². The van der Waals surface area contributed by atoms with Gasteiger partial charge in [0.05, 0.1) is 19.8 Å². The van der Waals surface area contributed by atoms with Crippen LogP contribution in [0.3, 0.4) is 0 Å². The summed E-state index contributed by atoms with van der Waals surface area (Å²) in [5.74, 6) is 1.19. The highest BCUT2D eigenvalue weighted by molar-refractivity contribution is 5.80. The molecule has 3 heterocycles. The van der Waals surface area contributed by atoms with Gasteiger partial charge < -0.3 is 19.9 Å². The minimum atomic E-state index is 0.218. The first kappa shape index (κ1) is 21.5. The summed E-state index contributed by atoms with van der Waals surface area (Å²) in [6, 6.07) is 2.07. The molecule has 3 rings (SSSR count). The molecule has 0 saturated carbocycles. The van der Waals surface area contributed by atoms with Crippen molar-refractivity contribution in [2.45, 2.75) is 20.3 Å². The van der Waals surface area contributed by atoms with E-state index in [1.807, 2.05) is 17.3 Å². The Bertz CT molecular complexity index is 682. The Balaban J connectivity index is 1.47. The van der Waals surface area contributed by atoms with Gasteiger partial charge in [-0.25, -0.2) is 0 Å². The van der Waals surface area contributed by atoms with Crippen molar-refractivity contribution in [1.29, 1.82) is 0 Å². The SMILES string of the molecule is CCNC(=NCCc1ccncc1C)N1CCN(CC(=O)N2CCOCC2)CC1. The molecule has 0 bridgehead atoms. The maximum absolute atomic E-state index is 12.5. The molecule has 29 heavy (non-hydrogen) atoms. The maximum Gasteiger partial charge on any atom is 0.236 e. The molecule has 2 aliphatic heterocycles. The Morgan fingerprint density at radius 1 is 1.17 bits per heavy atom. The van der Waals surface area contributed by atoms with Gasteiger partial charge in [-0.15, -0.1) is 0 Å². The molecule has 2 aliphatic rings. The van der Waals surface area contributed by atoms with Gasteiger partial charge in [0.1, 0.15) is 0 Å². The van der Waals surface area contributed by atoms with Gasteiger partial charge in [-0.3, -0.25) is 19.7 Å². The smallest absolute Gasteiger partial charge is 0.236 e. The molecule has 0 aromatic carbocycles. The van der Waals surface area contributed by atoms with E-state index < -0.39 is 0 Å². The highest BCUT2D eigenvalue weighted by atomic mass is 16.5. The molecule has 0 aliphatic carbocycles. The largest absolute Gasteiger partial charge is 0.378 e. The molecule has 160 valence electrons. The van der Waals surface area contributed by atoms with E-state index in [-0.39, 0.29) is 5.91 Å². The standard InChI is InChI=1S/C21H34N6O2/c1-3-23-21(24-7-5-19-4-6-22-16-18(19)2)27-10-8-25(9-11-27)17-20(28)26-12-14-29-15-13-26/h4,6,16H,3,5,7-15,17H2,1-2H3,(H,23,24). The molecule has 0 spiro atoms. The first-order valence-corrected chi connectivity index (χ1v) is 10.7. The molecular formula is C21H34N6O2. The summed E-state index contributed by atoms with van der Waals surface area (Å²) in [5.41, 5.74) is 2.51. The number of amides is 1. The molecule has 0 unspecified atom stereocenters. The zero-order valence-electron chi connectivity index (χ0n) is 17.8. The third kappa shape index (κ3) is 6.40. The van der Waals surface area contributed by atoms with Crippen molar-refractivity contribution in [1.82, 2.24) is 25.0 Å². The normalized spacial score (nSPS) is 18.8. The number of rotatable bonds is 6. The van der Waals surface area contributed by atoms with Gasteiger partial charge in [0.2, 0.25) is 5.91 Å². The quantitative estimate of drug-likeness (QED) is 0.548. The number of aliphatic imine (C=N–C) groups is 1. The molecule has 8 nitrogen and oxygen atoms in total. The van der Waals surface area contributed by atoms with Crippen molar-refractivity contribution in [3.05, 3.63) is 29.6 Å². The lowest BCUT2D eigenvalue weighted by atomic mass is 10.1. The molecule has 1 aromatic rings. The number of ether oxygens (including phenoxy) is 1. The Kier molecular flexibility index (Phi) is 8.25. The minimum Gasteiger partial charge on any atom is -0.378 e. The maximum atomic E-state index is 12.5. The summed E-state index contributed by atoms with van der Waals surface area (Å²) in [6.07, 6.45) is 4.66. The van der Waals surface area contributed by atoms with E-state index >= 15 is 0 Å². The first-order chi connectivity index (χ1) is 14.2. The van der Waals surface area contributed by atoms with Crippen LogP contribution in [0.25, 0.3) is 0 Å². The fourth-order valence-corrected chi connectivity index (χ4v) is 3.71. The number of nitrogens with one attached hydrogen (secondary N) is 1. The van der Waals surface area contributed by atoms with Crippen LogP contribution in [0.1, 0.15) is 18.1 Å². The van der Waals surface area contributed by atoms with Crippen molar-refractivity contribution in [3.8, 4) is 0 Å². The van der Waals surface area contributed by atoms with Gasteiger partial charge in [0, 0.05) is 64.8 Å². The molecule has 2 fully saturated rings. The molecule has 1 N–H and O–H groups in total. The number of hydrogen-bond donors (Lipinski definition) is 1. The predicted molar refractivity (Wildman–Crippen MR) is 114 cm³/mol. The number of carbonyl (C=O) groups excluding carboxylic acids is 1. The molecule has 2 saturated heterocycles. The monoisotopic (exact) mass is 402 g/mol. The lowest BCUT2D eigenvalue weighted by Crippen LogP contribution is -2.55. The van der Waals surface area contributed by atoms with E-state index in [4.69, 9.17) is 9.73 Å². The number of aromatic nitrogens is 1. The number of morpholine rings is 1. The summed E-state index contributed by atoms with van der Waals surface area (Å²) in [7, 11) is 0. The van der Waals surface area contributed by atoms with Crippen molar-refractivity contribution in [2.75, 3.05) is 72.1 Å². The number of piperazine rings is 1. The van der Waals surface area contributed by atoms with Crippen LogP contribution >= 0.6 is 0 Å². The van der Waals surface area contributed by atoms with Crippen molar-refractivity contribution in [2.24, 2.45) is 4.99 Å². The number of pyridine rings is 1. The van der Waals surface area contributed by atoms with Crippen LogP contribution in [-0.4, -0.2) is 104 Å². The zero-order chi connectivity index (χ0) is 20.5. The highest BCUT2D eigenvalue weighted by Crippen LogP contribution is 2.08. The Hall–Kier alpha value is -2.19. The average Bonchev–Trinajstić information content (AvgIpc) is 2.75. The predicted octanol–water partition coefficient (Wildman–Crippen LogP) is 0.374. The number of carbonyl (C=O) groups is 1. The second-order valence-electron chi connectivity index (χ2n) is 7.54. The van der Waals surface area contributed by atoms with Crippen LogP contribution in [-0.2, 0) is 16.0 Å². The topological polar surface area (TPSA) is 73.3 Å². The molecule has 1 amide bonds. The van der Waals surface area contributed by atoms with Crippen LogP contribution in [0.2, 0.25) is 0 Å². The Labute approximate surface area is 173 Å². The van der Waals surface area contributed by atoms with Crippen LogP contribution in [0, 0.1) is 6.92 Å². The second-order valence-corrected chi connectivity index (χ2v) is 7.54. The molecule has 0 atom stereocenters. The van der Waals surface area contributed by atoms with Crippen molar-refractivity contribution >= 4 is 11.9 Å². The molecule has 8 heteroatoms. The Morgan fingerprint density at radius 2 is 1.93 bits per heavy atom. The average molecular weight is 403 g/mol. The highest BCUT2D eigenvalue weighted by Gasteiger charge is 2.24. The van der Waals surface area contributed by atoms with E-state index in [1.54, 1.807) is 0 Å². The number of guanidine groups is 1. The fourth-order valence-electron chi connectivity index (χ4n) is 3.71. The van der Waals surface area contributed by atoms with E-state index in [1.165, 1.54) is 11.1 Å². The molecule has 0 radical (unpaired) electrons. The van der Waals surface area contributed by atoms with Gasteiger partial charge in [0.25, 0.3) is 0 Å². The summed E-state index contributed by atoms with van der Waals surface area (Å²) in [6.45, 7) is 12.6. The van der Waals surface area contributed by atoms with Gasteiger partial charge >= 0.3 is 0 Å². The van der Waals surface area contributed by atoms with Gasteiger partial charge in [-0.05, 0) is 37.5 Å². The number of hydrogen-bond acceptors (Lipinski definition) is 5. The summed E-state index contributed by atoms with van der Waals surface area (Å²) in [5, 5.41) is 3.42. The van der Waals surface area contributed by atoms with E-state index in [0.29, 0.717) is 32.8 Å². The zero-order valence-corrected chi connectivity index (χ0v) is 17.8. The van der Waals surface area contributed by atoms with Crippen molar-refractivity contribution < 1.29 is 9.53 Å². The fraction of sp³-hybridized carbons (Fsp3) is 0.667. The summed E-state index contributed by atoms with van der Waals surface area (Å²) < 4.78 is 5.33. The van der Waals surface area contributed by atoms with E-state index in [0.717, 1.165) is 51.6 Å². The first-order valence-electron chi connectivity index (χ1n) is 10.7. The van der Waals surface area contributed by atoms with Gasteiger partial charge in [0.15, 0.2) is 5.96 Å². The summed E-state index contributed by atoms with van der Waals surface area (Å²) >= 11 is 0. The lowest BCUT2D eigenvalue weighted by Gasteiger charge is -2.37. The summed E-state index contributed by atoms with van der Waals surface area (Å²) in [4.78, 5) is 27.9. The van der Waals surface area contributed by atoms with Crippen LogP contribution in [0.4, 0.5) is 0 Å². The van der Waals surface area contributed by atoms with Crippen molar-refractivity contribution in [3.63, 3.8) is 0 Å². The van der Waals surface area contributed by atoms with Gasteiger partial charge in [-0.2, -0.15) is 0 Å². The van der Waals surface area contributed by atoms with Gasteiger partial charge in [-0.1, -0.05) is 0 Å². The number of nitrogens with zero attached hydrogens (tertiary/aromatic N) is 5. The van der Waals surface area contributed by atoms with E-state index in [2.05, 4.69) is 40.0 Å². The molecular weight excluding hydrogens is 368 g/mol. The lowest BCUT2D eigenvalue weighted by molar-refractivity contribution is -0.136. The third-order valence-corrected chi connectivity index (χ3v) is 5.51. The van der Waals surface area contributed by atoms with Crippen LogP contribution < -0.4 is 5.32 Å². The number of aryl methyl sites for hydroxylation is 1. The minimum absolute atomic E-state index is 0.218. The van der Waals surface area contributed by atoms with Crippen LogP contribution in [0.5, 0.6) is 0 Å².